The molecule has 0 radical (unpaired) electrons. The third kappa shape index (κ3) is 6.45. The molecule has 0 amide bonds. The van der Waals surface area contributed by atoms with Gasteiger partial charge >= 0.3 is 0 Å². The molecular weight excluding hydrogens is 576 g/mol. The van der Waals surface area contributed by atoms with Crippen LogP contribution in [0.1, 0.15) is 100.0 Å². The van der Waals surface area contributed by atoms with Crippen LogP contribution in [-0.4, -0.2) is 36.7 Å². The van der Waals surface area contributed by atoms with Crippen molar-refractivity contribution in [1.82, 2.24) is 0 Å². The highest BCUT2D eigenvalue weighted by atomic mass is 16.5. The van der Waals surface area contributed by atoms with Crippen molar-refractivity contribution in [3.05, 3.63) is 76.4 Å². The molecular formula is C40H54O6. The fourth-order valence-electron chi connectivity index (χ4n) is 7.40. The molecule has 0 aliphatic heterocycles. The predicted molar refractivity (Wildman–Crippen MR) is 186 cm³/mol. The van der Waals surface area contributed by atoms with Crippen LogP contribution in [0.15, 0.2) is 70.9 Å². The van der Waals surface area contributed by atoms with Crippen molar-refractivity contribution in [1.29, 1.82) is 0 Å². The largest absolute Gasteiger partial charge is 0.506 e. The second kappa shape index (κ2) is 14.0. The summed E-state index contributed by atoms with van der Waals surface area (Å²) < 4.78 is 10.9. The lowest BCUT2D eigenvalue weighted by atomic mass is 9.38. The Morgan fingerprint density at radius 1 is 0.913 bits per heavy atom. The van der Waals surface area contributed by atoms with Crippen molar-refractivity contribution in [3.8, 4) is 11.5 Å². The molecule has 46 heavy (non-hydrogen) atoms. The van der Waals surface area contributed by atoms with Gasteiger partial charge in [-0.05, 0) is 116 Å². The molecule has 0 spiro atoms. The minimum absolute atomic E-state index is 0.141. The summed E-state index contributed by atoms with van der Waals surface area (Å²) in [4.78, 5) is 45.4. The number of allylic oxidation sites excluding steroid dienone is 8. The lowest BCUT2D eigenvalue weighted by molar-refractivity contribution is -0.177. The molecule has 0 heterocycles. The van der Waals surface area contributed by atoms with Gasteiger partial charge in [0.2, 0.25) is 0 Å². The quantitative estimate of drug-likeness (QED) is 0.0814. The first-order chi connectivity index (χ1) is 21.4. The first-order valence-electron chi connectivity index (χ1n) is 16.3. The normalized spacial score (nSPS) is 25.3. The van der Waals surface area contributed by atoms with Gasteiger partial charge in [-0.2, -0.15) is 0 Å². The van der Waals surface area contributed by atoms with E-state index in [1.807, 2.05) is 68.4 Å². The third-order valence-corrected chi connectivity index (χ3v) is 10.4. The molecule has 250 valence electrons. The number of hydrogen-bond donors (Lipinski definition) is 1. The second-order valence-electron chi connectivity index (χ2n) is 14.7. The van der Waals surface area contributed by atoms with Crippen molar-refractivity contribution in [2.24, 2.45) is 28.1 Å². The number of methoxy groups -OCH3 is 2. The van der Waals surface area contributed by atoms with E-state index in [2.05, 4.69) is 18.7 Å². The smallest absolute Gasteiger partial charge is 0.184 e. The Labute approximate surface area is 276 Å². The summed E-state index contributed by atoms with van der Waals surface area (Å²) in [6, 6.07) is 4.77. The number of carbonyl (C=O) groups excluding carboxylic acids is 3. The van der Waals surface area contributed by atoms with Crippen LogP contribution >= 0.6 is 0 Å². The summed E-state index contributed by atoms with van der Waals surface area (Å²) in [5, 5.41) is 11.9. The summed E-state index contributed by atoms with van der Waals surface area (Å²) in [6.45, 7) is 22.2. The molecule has 0 aromatic heterocycles. The van der Waals surface area contributed by atoms with Gasteiger partial charge in [-0.1, -0.05) is 60.9 Å². The first kappa shape index (κ1) is 36.8. The molecule has 0 unspecified atom stereocenters. The van der Waals surface area contributed by atoms with Crippen molar-refractivity contribution in [2.45, 2.75) is 94.4 Å². The minimum atomic E-state index is -1.56. The van der Waals surface area contributed by atoms with Gasteiger partial charge in [0.25, 0.3) is 0 Å². The van der Waals surface area contributed by atoms with E-state index < -0.39 is 33.6 Å². The highest BCUT2D eigenvalue weighted by Gasteiger charge is 2.74. The molecule has 2 fully saturated rings. The standard InChI is InChI=1S/C40H54O6/c1-24(2)13-15-29(27(7)8)22-39-23-30(17-14-25(3)4)38(9,10)40(37(39)44,20-19-26(5)6)36(43)33(35(39)42)34(41)28-16-18-31(45-11)32(21-28)46-12/h13-14,16,18-19,21,29-30,41H,7,15,17,20,22-23H2,1-6,8-12H3/b34-33+/t29-,30+,39+,40-/m0/s1. The summed E-state index contributed by atoms with van der Waals surface area (Å²) in [5.74, 6) is -1.48. The highest BCUT2D eigenvalue weighted by molar-refractivity contribution is 6.41. The topological polar surface area (TPSA) is 89.9 Å². The van der Waals surface area contributed by atoms with E-state index in [9.17, 15) is 5.11 Å². The van der Waals surface area contributed by atoms with Gasteiger partial charge in [0.1, 0.15) is 16.7 Å². The van der Waals surface area contributed by atoms with Crippen molar-refractivity contribution in [2.75, 3.05) is 14.2 Å². The van der Waals surface area contributed by atoms with Gasteiger partial charge < -0.3 is 14.6 Å². The zero-order valence-electron chi connectivity index (χ0n) is 29.8. The molecule has 1 aromatic rings. The third-order valence-electron chi connectivity index (χ3n) is 10.4. The zero-order valence-corrected chi connectivity index (χ0v) is 29.8. The van der Waals surface area contributed by atoms with Crippen LogP contribution in [-0.2, 0) is 14.4 Å². The van der Waals surface area contributed by atoms with E-state index in [-0.39, 0.29) is 48.0 Å². The fourth-order valence-corrected chi connectivity index (χ4v) is 7.40. The predicted octanol–water partition coefficient (Wildman–Crippen LogP) is 9.36. The Hall–Kier alpha value is -3.67. The number of fused-ring (bicyclic) bond motifs is 2. The van der Waals surface area contributed by atoms with E-state index in [0.717, 1.165) is 22.3 Å². The maximum Gasteiger partial charge on any atom is 0.184 e. The van der Waals surface area contributed by atoms with E-state index in [0.29, 0.717) is 24.3 Å². The van der Waals surface area contributed by atoms with Crippen LogP contribution in [0.3, 0.4) is 0 Å². The van der Waals surface area contributed by atoms with E-state index in [1.165, 1.54) is 14.2 Å². The molecule has 0 saturated heterocycles. The Balaban J connectivity index is 2.48. The number of hydrogen-bond acceptors (Lipinski definition) is 6. The van der Waals surface area contributed by atoms with Crippen LogP contribution in [0.2, 0.25) is 0 Å². The number of aliphatic hydroxyl groups is 1. The Morgan fingerprint density at radius 2 is 1.50 bits per heavy atom. The van der Waals surface area contributed by atoms with Crippen LogP contribution in [0.5, 0.6) is 11.5 Å². The van der Waals surface area contributed by atoms with Crippen molar-refractivity contribution < 1.29 is 29.0 Å². The number of benzene rings is 1. The zero-order chi connectivity index (χ0) is 34.8. The fraction of sp³-hybridized carbons (Fsp3) is 0.525. The van der Waals surface area contributed by atoms with Crippen LogP contribution in [0, 0.1) is 28.1 Å². The lowest BCUT2D eigenvalue weighted by Gasteiger charge is -2.60. The molecule has 2 aliphatic carbocycles. The average Bonchev–Trinajstić information content (AvgIpc) is 2.98. The van der Waals surface area contributed by atoms with Crippen molar-refractivity contribution >= 4 is 23.1 Å². The number of ketones is 3. The highest BCUT2D eigenvalue weighted by Crippen LogP contribution is 2.66. The molecule has 4 atom stereocenters. The van der Waals surface area contributed by atoms with E-state index >= 15 is 14.4 Å². The molecule has 6 nitrogen and oxygen atoms in total. The minimum Gasteiger partial charge on any atom is -0.506 e. The van der Waals surface area contributed by atoms with Gasteiger partial charge in [-0.25, -0.2) is 0 Å². The van der Waals surface area contributed by atoms with Crippen LogP contribution in [0.4, 0.5) is 0 Å². The number of Topliss-reactive ketones (excluding diaryl/α,β-unsaturated/α-hetero) is 3. The molecule has 1 aromatic carbocycles. The molecule has 2 bridgehead atoms. The van der Waals surface area contributed by atoms with Gasteiger partial charge in [-0.3, -0.25) is 14.4 Å². The van der Waals surface area contributed by atoms with E-state index in [1.54, 1.807) is 18.2 Å². The number of rotatable bonds is 12. The Morgan fingerprint density at radius 3 is 2.02 bits per heavy atom. The average molecular weight is 631 g/mol. The van der Waals surface area contributed by atoms with Gasteiger partial charge in [-0.15, -0.1) is 0 Å². The van der Waals surface area contributed by atoms with Crippen molar-refractivity contribution in [3.63, 3.8) is 0 Å². The Bertz CT molecular complexity index is 1520. The molecule has 2 aliphatic rings. The van der Waals surface area contributed by atoms with E-state index in [4.69, 9.17) is 9.47 Å². The number of ether oxygens (including phenoxy) is 2. The molecule has 1 N–H and O–H groups in total. The molecule has 3 rings (SSSR count). The maximum atomic E-state index is 15.3. The SMILES string of the molecule is C=C(C)[C@@H](CC=C(C)C)C[C@@]12C[C@@H](CC=C(C)C)C(C)(C)[C@@](CC=C(C)C)(C(=O)/C(=C(/O)c3ccc(OC)c(OC)c3)C1=O)C2=O. The summed E-state index contributed by atoms with van der Waals surface area (Å²) in [5.41, 5.74) is 0.154. The Kier molecular flexibility index (Phi) is 11.2. The summed E-state index contributed by atoms with van der Waals surface area (Å²) >= 11 is 0. The maximum absolute atomic E-state index is 15.3. The lowest BCUT2D eigenvalue weighted by Crippen LogP contribution is -2.69. The van der Waals surface area contributed by atoms with Gasteiger partial charge in [0, 0.05) is 5.56 Å². The van der Waals surface area contributed by atoms with Gasteiger partial charge in [0.15, 0.2) is 28.8 Å². The second-order valence-corrected chi connectivity index (χ2v) is 14.7. The monoisotopic (exact) mass is 630 g/mol. The molecule has 6 heteroatoms. The van der Waals surface area contributed by atoms with Gasteiger partial charge in [0.05, 0.1) is 19.6 Å². The summed E-state index contributed by atoms with van der Waals surface area (Å²) in [6.07, 6.45) is 8.10. The molecule has 2 saturated carbocycles. The number of carbonyl (C=O) groups is 3. The summed E-state index contributed by atoms with van der Waals surface area (Å²) in [7, 11) is 2.99. The first-order valence-corrected chi connectivity index (χ1v) is 16.3. The number of aliphatic hydroxyl groups excluding tert-OH is 1. The van der Waals surface area contributed by atoms with Crippen LogP contribution in [0.25, 0.3) is 5.76 Å². The van der Waals surface area contributed by atoms with Crippen LogP contribution < -0.4 is 9.47 Å².